The fraction of sp³-hybridized carbons (Fsp3) is 0.167. The van der Waals surface area contributed by atoms with Crippen LogP contribution in [-0.2, 0) is 9.68 Å². The van der Waals surface area contributed by atoms with Crippen LogP contribution in [0.3, 0.4) is 0 Å². The van der Waals surface area contributed by atoms with Crippen molar-refractivity contribution in [2.45, 2.75) is 6.92 Å². The smallest absolute Gasteiger partial charge is 0.296 e. The van der Waals surface area contributed by atoms with Gasteiger partial charge in [0.2, 0.25) is 0 Å². The lowest BCUT2D eigenvalue weighted by Crippen LogP contribution is -1.93. The van der Waals surface area contributed by atoms with Crippen LogP contribution in [0.4, 0.5) is 0 Å². The third-order valence-electron chi connectivity index (χ3n) is 0.626. The molecule has 0 spiro atoms. The van der Waals surface area contributed by atoms with Gasteiger partial charge in [0, 0.05) is 6.08 Å². The zero-order valence-corrected chi connectivity index (χ0v) is 5.07. The highest BCUT2D eigenvalue weighted by Crippen LogP contribution is 1.78. The Morgan fingerprint density at radius 1 is 1.56 bits per heavy atom. The summed E-state index contributed by atoms with van der Waals surface area (Å²) in [6, 6.07) is 0. The van der Waals surface area contributed by atoms with E-state index in [0.29, 0.717) is 0 Å². The van der Waals surface area contributed by atoms with Crippen LogP contribution in [0.5, 0.6) is 0 Å². The molecule has 50 valence electrons. The van der Waals surface area contributed by atoms with Crippen LogP contribution in [-0.4, -0.2) is 11.2 Å². The minimum Gasteiger partial charge on any atom is -0.296 e. The molecule has 0 radical (unpaired) electrons. The Balaban J connectivity index is 3.57. The molecule has 0 amide bonds. The Morgan fingerprint density at radius 2 is 2.22 bits per heavy atom. The maximum atomic E-state index is 10.1. The van der Waals surface area contributed by atoms with Crippen LogP contribution in [0.2, 0.25) is 0 Å². The maximum Gasteiger partial charge on any atom is 0.365 e. The summed E-state index contributed by atoms with van der Waals surface area (Å²) in [4.78, 5) is 13.4. The van der Waals surface area contributed by atoms with Gasteiger partial charge in [-0.25, -0.2) is 4.79 Å². The van der Waals surface area contributed by atoms with Gasteiger partial charge in [-0.05, 0) is 6.92 Å². The highest BCUT2D eigenvalue weighted by atomic mass is 17.1. The topological polar surface area (TPSA) is 46.5 Å². The van der Waals surface area contributed by atoms with Crippen LogP contribution < -0.4 is 0 Å². The van der Waals surface area contributed by atoms with Crippen LogP contribution >= 0.6 is 0 Å². The monoisotopic (exact) mass is 128 g/mol. The van der Waals surface area contributed by atoms with Crippen molar-refractivity contribution in [2.75, 3.05) is 0 Å². The molecule has 0 bridgehead atoms. The molecule has 0 rings (SSSR count). The highest BCUT2D eigenvalue weighted by molar-refractivity contribution is 5.81. The molecule has 0 aromatic rings. The Hall–Kier alpha value is -1.09. The molecule has 0 aromatic carbocycles. The molecule has 1 N–H and O–H groups in total. The van der Waals surface area contributed by atoms with E-state index < -0.39 is 5.97 Å². The number of carbonyl (C=O) groups excluding carboxylic acids is 1. The van der Waals surface area contributed by atoms with Gasteiger partial charge in [-0.2, -0.15) is 5.26 Å². The first kappa shape index (κ1) is 7.91. The SMILES string of the molecule is C/C=C/C=C/C(=O)OO. The van der Waals surface area contributed by atoms with E-state index in [2.05, 4.69) is 4.89 Å². The third kappa shape index (κ3) is 4.77. The molecule has 0 atom stereocenters. The molecule has 0 fully saturated rings. The van der Waals surface area contributed by atoms with Crippen molar-refractivity contribution < 1.29 is 14.9 Å². The van der Waals surface area contributed by atoms with Crippen LogP contribution in [0.25, 0.3) is 0 Å². The second kappa shape index (κ2) is 5.05. The predicted octanol–water partition coefficient (Wildman–Crippen LogP) is 1.13. The molecule has 0 aliphatic carbocycles. The summed E-state index contributed by atoms with van der Waals surface area (Å²) in [7, 11) is 0. The molecule has 3 nitrogen and oxygen atoms in total. The molecule has 0 aromatic heterocycles. The second-order valence-corrected chi connectivity index (χ2v) is 1.30. The summed E-state index contributed by atoms with van der Waals surface area (Å²) in [6.45, 7) is 1.81. The summed E-state index contributed by atoms with van der Waals surface area (Å²) < 4.78 is 0. The largest absolute Gasteiger partial charge is 0.365 e. The van der Waals surface area contributed by atoms with E-state index in [1.807, 2.05) is 6.92 Å². The van der Waals surface area contributed by atoms with Gasteiger partial charge in [0.1, 0.15) is 0 Å². The molecule has 3 heteroatoms. The van der Waals surface area contributed by atoms with Gasteiger partial charge in [-0.15, -0.1) is 0 Å². The molecule has 9 heavy (non-hydrogen) atoms. The van der Waals surface area contributed by atoms with Crippen molar-refractivity contribution in [3.8, 4) is 0 Å². The van der Waals surface area contributed by atoms with Gasteiger partial charge >= 0.3 is 5.97 Å². The molecule has 0 heterocycles. The van der Waals surface area contributed by atoms with Gasteiger partial charge in [-0.3, -0.25) is 4.89 Å². The fourth-order valence-corrected chi connectivity index (χ4v) is 0.276. The van der Waals surface area contributed by atoms with E-state index in [1.165, 1.54) is 6.08 Å². The van der Waals surface area contributed by atoms with Gasteiger partial charge in [0.25, 0.3) is 0 Å². The Labute approximate surface area is 53.2 Å². The second-order valence-electron chi connectivity index (χ2n) is 1.30. The first-order valence-corrected chi connectivity index (χ1v) is 2.46. The Bertz CT molecular complexity index is 135. The van der Waals surface area contributed by atoms with E-state index in [9.17, 15) is 4.79 Å². The van der Waals surface area contributed by atoms with Crippen molar-refractivity contribution in [2.24, 2.45) is 0 Å². The van der Waals surface area contributed by atoms with Gasteiger partial charge in [0.05, 0.1) is 0 Å². The highest BCUT2D eigenvalue weighted by Gasteiger charge is 1.88. The van der Waals surface area contributed by atoms with E-state index >= 15 is 0 Å². The number of allylic oxidation sites excluding steroid dienone is 3. The molecular formula is C6H8O3. The Kier molecular flexibility index (Phi) is 4.44. The molecule has 0 unspecified atom stereocenters. The summed E-state index contributed by atoms with van der Waals surface area (Å²) >= 11 is 0. The van der Waals surface area contributed by atoms with Gasteiger partial charge in [0.15, 0.2) is 0 Å². The lowest BCUT2D eigenvalue weighted by molar-refractivity contribution is -0.228. The number of rotatable bonds is 2. The molecule has 0 saturated carbocycles. The quantitative estimate of drug-likeness (QED) is 0.262. The lowest BCUT2D eigenvalue weighted by Gasteiger charge is -1.81. The number of hydrogen-bond donors (Lipinski definition) is 1. The zero-order chi connectivity index (χ0) is 7.11. The van der Waals surface area contributed by atoms with Crippen molar-refractivity contribution in [3.63, 3.8) is 0 Å². The summed E-state index contributed by atoms with van der Waals surface area (Å²) in [6.07, 6.45) is 5.98. The first-order valence-electron chi connectivity index (χ1n) is 2.46. The zero-order valence-electron chi connectivity index (χ0n) is 5.07. The van der Waals surface area contributed by atoms with Gasteiger partial charge < -0.3 is 0 Å². The standard InChI is InChI=1S/C6H8O3/c1-2-3-4-5-6(7)9-8/h2-5,8H,1H3/b3-2+,5-4+. The van der Waals surface area contributed by atoms with E-state index in [1.54, 1.807) is 12.2 Å². The average molecular weight is 128 g/mol. The van der Waals surface area contributed by atoms with Crippen molar-refractivity contribution >= 4 is 5.97 Å². The summed E-state index contributed by atoms with van der Waals surface area (Å²) in [5, 5.41) is 7.71. The summed E-state index contributed by atoms with van der Waals surface area (Å²) in [5.74, 6) is -0.770. The molecule has 0 aliphatic rings. The van der Waals surface area contributed by atoms with Crippen molar-refractivity contribution in [3.05, 3.63) is 24.3 Å². The molecule has 0 saturated heterocycles. The number of hydrogen-bond acceptors (Lipinski definition) is 3. The molecule has 0 aliphatic heterocycles. The van der Waals surface area contributed by atoms with Crippen molar-refractivity contribution in [1.82, 2.24) is 0 Å². The maximum absolute atomic E-state index is 10.1. The van der Waals surface area contributed by atoms with Crippen LogP contribution in [0.1, 0.15) is 6.92 Å². The minimum absolute atomic E-state index is 0.770. The fourth-order valence-electron chi connectivity index (χ4n) is 0.276. The van der Waals surface area contributed by atoms with Crippen LogP contribution in [0, 0.1) is 0 Å². The van der Waals surface area contributed by atoms with Crippen molar-refractivity contribution in [1.29, 1.82) is 0 Å². The average Bonchev–Trinajstić information content (AvgIpc) is 1.89. The minimum atomic E-state index is -0.770. The molecular weight excluding hydrogens is 120 g/mol. The normalized spacial score (nSPS) is 10.9. The van der Waals surface area contributed by atoms with Gasteiger partial charge in [-0.1, -0.05) is 18.2 Å². The number of carbonyl (C=O) groups is 1. The van der Waals surface area contributed by atoms with E-state index in [0.717, 1.165) is 6.08 Å². The lowest BCUT2D eigenvalue weighted by atomic mass is 10.4. The van der Waals surface area contributed by atoms with Crippen LogP contribution in [0.15, 0.2) is 24.3 Å². The van der Waals surface area contributed by atoms with E-state index in [4.69, 9.17) is 5.26 Å². The first-order chi connectivity index (χ1) is 4.31. The Morgan fingerprint density at radius 3 is 2.67 bits per heavy atom. The third-order valence-corrected chi connectivity index (χ3v) is 0.626. The predicted molar refractivity (Wildman–Crippen MR) is 32.7 cm³/mol. The van der Waals surface area contributed by atoms with E-state index in [-0.39, 0.29) is 0 Å². The summed E-state index contributed by atoms with van der Waals surface area (Å²) in [5.41, 5.74) is 0.